The highest BCUT2D eigenvalue weighted by atomic mass is 19.4. The van der Waals surface area contributed by atoms with Crippen molar-refractivity contribution >= 4 is 0 Å². The van der Waals surface area contributed by atoms with Gasteiger partial charge in [0.2, 0.25) is 6.17 Å². The van der Waals surface area contributed by atoms with E-state index < -0.39 is 55.7 Å². The molecule has 0 aromatic heterocycles. The maximum Gasteiger partial charge on any atom is 0.426 e. The highest BCUT2D eigenvalue weighted by molar-refractivity contribution is 5.05. The van der Waals surface area contributed by atoms with Gasteiger partial charge in [-0.05, 0) is 6.42 Å². The molecule has 1 nitrogen and oxygen atoms in total. The van der Waals surface area contributed by atoms with E-state index in [1.807, 2.05) is 0 Å². The lowest BCUT2D eigenvalue weighted by molar-refractivity contribution is -0.433. The minimum Gasteiger partial charge on any atom is -0.316 e. The summed E-state index contributed by atoms with van der Waals surface area (Å²) in [6, 6.07) is 0. The van der Waals surface area contributed by atoms with Crippen molar-refractivity contribution in [3.63, 3.8) is 0 Å². The summed E-state index contributed by atoms with van der Waals surface area (Å²) in [5.41, 5.74) is 0. The first-order valence-electron chi connectivity index (χ1n) is 5.79. The van der Waals surface area contributed by atoms with Gasteiger partial charge in [0.15, 0.2) is 6.17 Å². The topological polar surface area (TPSA) is 9.23 Å². The molecule has 0 saturated heterocycles. The molecule has 0 aliphatic rings. The summed E-state index contributed by atoms with van der Waals surface area (Å²) in [7, 11) is 0. The van der Waals surface area contributed by atoms with Crippen LogP contribution in [0.4, 0.5) is 52.7 Å². The van der Waals surface area contributed by atoms with E-state index in [9.17, 15) is 52.7 Å². The van der Waals surface area contributed by atoms with Gasteiger partial charge in [0.05, 0.1) is 6.61 Å². The van der Waals surface area contributed by atoms with Crippen LogP contribution in [0.2, 0.25) is 0 Å². The van der Waals surface area contributed by atoms with Crippen molar-refractivity contribution in [2.75, 3.05) is 6.61 Å². The van der Waals surface area contributed by atoms with Crippen LogP contribution in [-0.2, 0) is 4.74 Å². The summed E-state index contributed by atoms with van der Waals surface area (Å²) in [5, 5.41) is 0. The van der Waals surface area contributed by atoms with E-state index in [4.69, 9.17) is 0 Å². The minimum absolute atomic E-state index is 0.405. The van der Waals surface area contributed by atoms with Crippen molar-refractivity contribution in [2.24, 2.45) is 0 Å². The van der Waals surface area contributed by atoms with Gasteiger partial charge >= 0.3 is 23.9 Å². The number of hydrogen-bond acceptors (Lipinski definition) is 1. The number of hydrogen-bond donors (Lipinski definition) is 0. The van der Waals surface area contributed by atoms with Crippen LogP contribution in [0, 0.1) is 0 Å². The molecule has 0 saturated carbocycles. The molecule has 0 rings (SSSR count). The van der Waals surface area contributed by atoms with E-state index in [1.54, 1.807) is 0 Å². The monoisotopic (exact) mass is 374 g/mol. The van der Waals surface area contributed by atoms with Crippen molar-refractivity contribution in [3.05, 3.63) is 0 Å². The lowest BCUT2D eigenvalue weighted by Crippen LogP contribution is -2.66. The van der Waals surface area contributed by atoms with Gasteiger partial charge in [0, 0.05) is 0 Å². The van der Waals surface area contributed by atoms with Crippen molar-refractivity contribution in [3.8, 4) is 0 Å². The molecular weight excluding hydrogens is 364 g/mol. The molecule has 2 atom stereocenters. The highest BCUT2D eigenvalue weighted by Crippen LogP contribution is 2.55. The second-order valence-corrected chi connectivity index (χ2v) is 4.32. The predicted molar refractivity (Wildman–Crippen MR) is 51.8 cm³/mol. The highest BCUT2D eigenvalue weighted by Gasteiger charge is 2.84. The number of rotatable bonds is 9. The summed E-state index contributed by atoms with van der Waals surface area (Å²) in [6.45, 7) is -0.180. The summed E-state index contributed by atoms with van der Waals surface area (Å²) in [6.07, 6.45) is -20.9. The van der Waals surface area contributed by atoms with Crippen LogP contribution in [0.5, 0.6) is 0 Å². The van der Waals surface area contributed by atoms with Crippen LogP contribution in [0.1, 0.15) is 13.3 Å². The van der Waals surface area contributed by atoms with E-state index >= 15 is 0 Å². The van der Waals surface area contributed by atoms with E-state index in [0.717, 1.165) is 6.92 Å². The molecule has 13 heteroatoms. The van der Waals surface area contributed by atoms with Crippen LogP contribution < -0.4 is 0 Å². The second-order valence-electron chi connectivity index (χ2n) is 4.32. The molecule has 0 N–H and O–H groups in total. The third kappa shape index (κ3) is 3.79. The van der Waals surface area contributed by atoms with Gasteiger partial charge < -0.3 is 4.74 Å². The van der Waals surface area contributed by atoms with Crippen LogP contribution in [0.25, 0.3) is 0 Å². The minimum atomic E-state index is -7.23. The quantitative estimate of drug-likeness (QED) is 0.524. The Morgan fingerprint density at radius 1 is 0.783 bits per heavy atom. The van der Waals surface area contributed by atoms with Gasteiger partial charge in [-0.2, -0.15) is 35.1 Å². The fourth-order valence-electron chi connectivity index (χ4n) is 1.21. The molecule has 0 amide bonds. The summed E-state index contributed by atoms with van der Waals surface area (Å²) >= 11 is 0. The molecule has 0 aromatic rings. The Hall–Kier alpha value is -0.880. The molecule has 0 aliphatic carbocycles. The van der Waals surface area contributed by atoms with E-state index in [2.05, 4.69) is 4.74 Å². The summed E-state index contributed by atoms with van der Waals surface area (Å²) < 4.78 is 156. The van der Waals surface area contributed by atoms with Crippen molar-refractivity contribution in [1.82, 2.24) is 0 Å². The van der Waals surface area contributed by atoms with Crippen LogP contribution in [0.3, 0.4) is 0 Å². The van der Waals surface area contributed by atoms with Gasteiger partial charge in [0.1, 0.15) is 0 Å². The molecule has 0 fully saturated rings. The zero-order chi connectivity index (χ0) is 18.9. The first-order valence-corrected chi connectivity index (χ1v) is 5.79. The maximum absolute atomic E-state index is 13.1. The second kappa shape index (κ2) is 6.93. The Bertz CT molecular complexity index is 382. The van der Waals surface area contributed by atoms with Crippen LogP contribution in [-0.4, -0.2) is 49.3 Å². The fourth-order valence-corrected chi connectivity index (χ4v) is 1.21. The van der Waals surface area contributed by atoms with E-state index in [1.165, 1.54) is 0 Å². The first kappa shape index (κ1) is 22.1. The number of halogens is 12. The van der Waals surface area contributed by atoms with Crippen LogP contribution >= 0.6 is 0 Å². The standard InChI is InChI=1S/C10H10F12O/c1-2-3-23-10(21,22)9(19,20)8(17,18)7(15,16)5(12)4(11)6(13)14/h4-6H,2-3H2,1H3. The molecule has 0 heterocycles. The van der Waals surface area contributed by atoms with E-state index in [0.29, 0.717) is 0 Å². The lowest BCUT2D eigenvalue weighted by atomic mass is 9.97. The number of ether oxygens (including phenoxy) is 1. The average Bonchev–Trinajstić information content (AvgIpc) is 2.42. The lowest BCUT2D eigenvalue weighted by Gasteiger charge is -2.37. The van der Waals surface area contributed by atoms with E-state index in [-0.39, 0.29) is 0 Å². The van der Waals surface area contributed by atoms with Gasteiger partial charge in [-0.15, -0.1) is 0 Å². The third-order valence-electron chi connectivity index (χ3n) is 2.53. The third-order valence-corrected chi connectivity index (χ3v) is 2.53. The molecule has 0 spiro atoms. The summed E-state index contributed by atoms with van der Waals surface area (Å²) in [4.78, 5) is 0. The molecule has 2 unspecified atom stereocenters. The largest absolute Gasteiger partial charge is 0.426 e. The zero-order valence-corrected chi connectivity index (χ0v) is 11.1. The van der Waals surface area contributed by atoms with Crippen LogP contribution in [0.15, 0.2) is 0 Å². The van der Waals surface area contributed by atoms with Gasteiger partial charge in [-0.1, -0.05) is 6.92 Å². The first-order chi connectivity index (χ1) is 10.1. The van der Waals surface area contributed by atoms with Crippen molar-refractivity contribution in [2.45, 2.75) is 56.0 Å². The van der Waals surface area contributed by atoms with Gasteiger partial charge in [-0.3, -0.25) is 0 Å². The SMILES string of the molecule is CCCOC(F)(F)C(F)(F)C(F)(F)C(F)(F)C(F)C(F)C(F)F. The normalized spacial score (nSPS) is 17.5. The zero-order valence-electron chi connectivity index (χ0n) is 11.1. The Labute approximate surface area is 121 Å². The van der Waals surface area contributed by atoms with Crippen molar-refractivity contribution < 1.29 is 57.4 Å². The van der Waals surface area contributed by atoms with Gasteiger partial charge in [0.25, 0.3) is 6.43 Å². The molecule has 0 radical (unpaired) electrons. The Morgan fingerprint density at radius 2 is 1.22 bits per heavy atom. The fraction of sp³-hybridized carbons (Fsp3) is 1.00. The Morgan fingerprint density at radius 3 is 1.57 bits per heavy atom. The maximum atomic E-state index is 13.1. The predicted octanol–water partition coefficient (Wildman–Crippen LogP) is 4.85. The number of alkyl halides is 12. The molecule has 0 aliphatic heterocycles. The molecule has 140 valence electrons. The molecule has 0 bridgehead atoms. The van der Waals surface area contributed by atoms with Crippen molar-refractivity contribution in [1.29, 1.82) is 0 Å². The molecule has 23 heavy (non-hydrogen) atoms. The summed E-state index contributed by atoms with van der Waals surface area (Å²) in [5.74, 6) is -21.1. The average molecular weight is 374 g/mol. The van der Waals surface area contributed by atoms with Gasteiger partial charge in [-0.25, -0.2) is 17.6 Å². The Balaban J connectivity index is 5.73. The Kier molecular flexibility index (Phi) is 6.67. The smallest absolute Gasteiger partial charge is 0.316 e. The molecule has 0 aromatic carbocycles. The molecular formula is C10H10F12O.